The summed E-state index contributed by atoms with van der Waals surface area (Å²) in [6.07, 6.45) is 1.49. The number of hydrogen-bond acceptors (Lipinski definition) is 2. The van der Waals surface area contributed by atoms with E-state index in [0.717, 1.165) is 42.8 Å². The van der Waals surface area contributed by atoms with E-state index in [1.54, 1.807) is 12.1 Å². The van der Waals surface area contributed by atoms with Gasteiger partial charge in [0, 0.05) is 0 Å². The second-order valence-electron chi connectivity index (χ2n) is 6.75. The van der Waals surface area contributed by atoms with Crippen molar-refractivity contribution in [2.75, 3.05) is 13.6 Å². The summed E-state index contributed by atoms with van der Waals surface area (Å²) in [4.78, 5) is 2.17. The van der Waals surface area contributed by atoms with Gasteiger partial charge in [-0.05, 0) is 0 Å². The van der Waals surface area contributed by atoms with Gasteiger partial charge in [0.1, 0.15) is 0 Å². The Balaban J connectivity index is 2.03. The van der Waals surface area contributed by atoms with Crippen molar-refractivity contribution >= 4 is 26.2 Å². The summed E-state index contributed by atoms with van der Waals surface area (Å²) in [6.45, 7) is 5.59. The van der Waals surface area contributed by atoms with Gasteiger partial charge in [0.05, 0.1) is 0 Å². The number of halogens is 3. The summed E-state index contributed by atoms with van der Waals surface area (Å²) < 4.78 is 43.5. The van der Waals surface area contributed by atoms with Crippen LogP contribution in [0.4, 0.5) is 13.2 Å². The van der Waals surface area contributed by atoms with Gasteiger partial charge in [0.15, 0.2) is 0 Å². The molecule has 0 aromatic heterocycles. The summed E-state index contributed by atoms with van der Waals surface area (Å²) in [6, 6.07) is 5.43. The Hall–Kier alpha value is -0.568. The summed E-state index contributed by atoms with van der Waals surface area (Å²) in [5.74, 6) is 0.895. The molecule has 1 aliphatic rings. The average Bonchev–Trinajstić information content (AvgIpc) is 2.54. The monoisotopic (exact) mass is 531 g/mol. The van der Waals surface area contributed by atoms with Crippen molar-refractivity contribution in [2.45, 2.75) is 44.8 Å². The predicted octanol–water partition coefficient (Wildman–Crippen LogP) is 4.70. The van der Waals surface area contributed by atoms with Crippen molar-refractivity contribution in [1.82, 2.24) is 4.90 Å². The quantitative estimate of drug-likeness (QED) is 0.391. The van der Waals surface area contributed by atoms with Gasteiger partial charge in [0.2, 0.25) is 0 Å². The van der Waals surface area contributed by atoms with Crippen molar-refractivity contribution in [1.29, 1.82) is 0 Å². The SMILES string of the molecule is C=C([O][Tl])C1(CN(C)Cc2ccc(C(F)(F)F)cc2)CCCCC1. The van der Waals surface area contributed by atoms with E-state index in [2.05, 4.69) is 11.5 Å². The van der Waals surface area contributed by atoms with Crippen molar-refractivity contribution in [3.8, 4) is 0 Å². The van der Waals surface area contributed by atoms with E-state index < -0.39 is 11.7 Å². The van der Waals surface area contributed by atoms with Crippen LogP contribution in [-0.2, 0) is 15.4 Å². The number of benzene rings is 1. The average molecular weight is 531 g/mol. The zero-order valence-corrected chi connectivity index (χ0v) is 18.5. The fourth-order valence-electron chi connectivity index (χ4n) is 3.56. The Morgan fingerprint density at radius 1 is 1.21 bits per heavy atom. The number of nitrogens with zero attached hydrogens (tertiary/aromatic N) is 1. The van der Waals surface area contributed by atoms with Crippen LogP contribution in [0.3, 0.4) is 0 Å². The molecule has 1 fully saturated rings. The first kappa shape index (κ1) is 19.8. The molecule has 0 aliphatic heterocycles. The summed E-state index contributed by atoms with van der Waals surface area (Å²) in [7, 11) is 2.01. The number of rotatable bonds is 6. The first-order valence-corrected chi connectivity index (χ1v) is 10.0. The summed E-state index contributed by atoms with van der Waals surface area (Å²) >= 11 is 0.432. The molecular formula is C18H23F3NOTl. The Morgan fingerprint density at radius 3 is 2.29 bits per heavy atom. The molecule has 1 aliphatic carbocycles. The molecule has 0 heterocycles. The fourth-order valence-corrected chi connectivity index (χ4v) is 4.53. The first-order chi connectivity index (χ1) is 11.3. The van der Waals surface area contributed by atoms with Gasteiger partial charge in [-0.3, -0.25) is 0 Å². The van der Waals surface area contributed by atoms with E-state index >= 15 is 0 Å². The van der Waals surface area contributed by atoms with Crippen LogP contribution in [0.2, 0.25) is 0 Å². The van der Waals surface area contributed by atoms with Crippen LogP contribution in [0.1, 0.15) is 43.2 Å². The Labute approximate surface area is 158 Å². The third-order valence-electron chi connectivity index (χ3n) is 4.85. The number of alkyl halides is 3. The van der Waals surface area contributed by atoms with Crippen molar-refractivity contribution in [3.05, 3.63) is 47.7 Å². The normalized spacial score (nSPS) is 17.7. The fraction of sp³-hybridized carbons (Fsp3) is 0.556. The predicted molar refractivity (Wildman–Crippen MR) is 89.3 cm³/mol. The van der Waals surface area contributed by atoms with Crippen LogP contribution in [0.25, 0.3) is 0 Å². The molecule has 0 unspecified atom stereocenters. The molecule has 24 heavy (non-hydrogen) atoms. The molecule has 1 saturated carbocycles. The van der Waals surface area contributed by atoms with Crippen molar-refractivity contribution in [3.63, 3.8) is 0 Å². The minimum absolute atomic E-state index is 0.00629. The molecule has 0 saturated heterocycles. The molecule has 0 atom stereocenters. The molecule has 0 radical (unpaired) electrons. The van der Waals surface area contributed by atoms with E-state index in [0.29, 0.717) is 32.8 Å². The Morgan fingerprint density at radius 2 is 1.79 bits per heavy atom. The van der Waals surface area contributed by atoms with E-state index in [4.69, 9.17) is 2.69 Å². The second-order valence-corrected chi connectivity index (χ2v) is 7.67. The van der Waals surface area contributed by atoms with Gasteiger partial charge in [-0.15, -0.1) is 0 Å². The molecule has 6 heteroatoms. The van der Waals surface area contributed by atoms with Gasteiger partial charge in [-0.1, -0.05) is 0 Å². The van der Waals surface area contributed by atoms with E-state index in [1.807, 2.05) is 7.05 Å². The molecule has 0 amide bonds. The van der Waals surface area contributed by atoms with Crippen molar-refractivity contribution < 1.29 is 15.9 Å². The van der Waals surface area contributed by atoms with Crippen LogP contribution in [0.15, 0.2) is 36.6 Å². The first-order valence-electron chi connectivity index (χ1n) is 8.18. The van der Waals surface area contributed by atoms with Crippen LogP contribution in [-0.4, -0.2) is 44.7 Å². The number of hydrogen-bond donors (Lipinski definition) is 0. The molecule has 130 valence electrons. The van der Waals surface area contributed by atoms with E-state index in [9.17, 15) is 13.2 Å². The standard InChI is InChI=1S/C18H24F3NO.Tl/c1-14(23)17(10-4-3-5-11-17)13-22(2)12-15-6-8-16(9-7-15)18(19,20)21;/h6-9,23H,1,3-5,10-13H2,2H3;/q;+1/p-1. The zero-order valence-electron chi connectivity index (χ0n) is 14.0. The molecule has 0 N–H and O–H groups in total. The third kappa shape index (κ3) is 4.97. The molecule has 2 nitrogen and oxygen atoms in total. The van der Waals surface area contributed by atoms with Crippen LogP contribution in [0.5, 0.6) is 0 Å². The molecule has 0 spiro atoms. The maximum atomic E-state index is 12.6. The van der Waals surface area contributed by atoms with Crippen LogP contribution >= 0.6 is 0 Å². The van der Waals surface area contributed by atoms with Crippen LogP contribution < -0.4 is 0 Å². The zero-order chi connectivity index (χ0) is 17.8. The van der Waals surface area contributed by atoms with E-state index in [1.165, 1.54) is 19.3 Å². The summed E-state index contributed by atoms with van der Waals surface area (Å²) in [5, 5.41) is 0. The van der Waals surface area contributed by atoms with E-state index in [-0.39, 0.29) is 5.41 Å². The molecule has 2 rings (SSSR count). The topological polar surface area (TPSA) is 12.5 Å². The van der Waals surface area contributed by atoms with Gasteiger partial charge in [-0.25, -0.2) is 0 Å². The third-order valence-corrected chi connectivity index (χ3v) is 5.96. The molecule has 0 bridgehead atoms. The van der Waals surface area contributed by atoms with Gasteiger partial charge >= 0.3 is 159 Å². The van der Waals surface area contributed by atoms with Gasteiger partial charge in [0.25, 0.3) is 0 Å². The second kappa shape index (κ2) is 8.21. The Bertz CT molecular complexity index is 550. The van der Waals surface area contributed by atoms with Crippen molar-refractivity contribution in [2.24, 2.45) is 5.41 Å². The molecule has 1 aromatic rings. The molecular weight excluding hydrogens is 508 g/mol. The maximum absolute atomic E-state index is 12.6. The minimum atomic E-state index is -4.28. The van der Waals surface area contributed by atoms with Gasteiger partial charge < -0.3 is 0 Å². The molecule has 1 aromatic carbocycles. The summed E-state index contributed by atoms with van der Waals surface area (Å²) in [5.41, 5.74) is 0.278. The van der Waals surface area contributed by atoms with Crippen LogP contribution in [0, 0.1) is 5.41 Å². The Kier molecular flexibility index (Phi) is 6.75. The van der Waals surface area contributed by atoms with Gasteiger partial charge in [-0.2, -0.15) is 0 Å².